The van der Waals surface area contributed by atoms with E-state index in [1.54, 1.807) is 6.07 Å². The lowest BCUT2D eigenvalue weighted by Crippen LogP contribution is -1.90. The predicted molar refractivity (Wildman–Crippen MR) is 69.7 cm³/mol. The number of aromatic nitrogens is 1. The summed E-state index contributed by atoms with van der Waals surface area (Å²) in [5.41, 5.74) is 1.89. The van der Waals surface area contributed by atoms with E-state index in [1.165, 1.54) is 12.3 Å². The Kier molecular flexibility index (Phi) is 3.57. The molecule has 1 aromatic carbocycles. The third-order valence-electron chi connectivity index (χ3n) is 2.95. The molecule has 1 aliphatic rings. The van der Waals surface area contributed by atoms with Crippen LogP contribution in [0, 0.1) is 17.1 Å². The van der Waals surface area contributed by atoms with Crippen LogP contribution in [0.4, 0.5) is 4.39 Å². The van der Waals surface area contributed by atoms with Gasteiger partial charge in [0.15, 0.2) is 0 Å². The Morgan fingerprint density at radius 1 is 1.28 bits per heavy atom. The topological polar surface area (TPSA) is 36.7 Å². The lowest BCUT2D eigenvalue weighted by atomic mass is 10.1. The van der Waals surface area contributed by atoms with E-state index < -0.39 is 0 Å². The Morgan fingerprint density at radius 3 is 2.61 bits per heavy atom. The molecule has 1 fully saturated rings. The highest BCUT2D eigenvalue weighted by atomic mass is 19.1. The summed E-state index contributed by atoms with van der Waals surface area (Å²) < 4.78 is 13.7. The van der Waals surface area contributed by atoms with Gasteiger partial charge in [0, 0.05) is 17.6 Å². The monoisotopic (exact) mass is 242 g/mol. The van der Waals surface area contributed by atoms with Gasteiger partial charge in [-0.25, -0.2) is 4.39 Å². The molecule has 2 nitrogen and oxygen atoms in total. The van der Waals surface area contributed by atoms with Crippen LogP contribution in [0.2, 0.25) is 0 Å². The molecule has 0 atom stereocenters. The van der Waals surface area contributed by atoms with E-state index in [1.807, 2.05) is 26.0 Å². The lowest BCUT2D eigenvalue weighted by Gasteiger charge is -2.03. The van der Waals surface area contributed by atoms with Crippen molar-refractivity contribution in [3.63, 3.8) is 0 Å². The summed E-state index contributed by atoms with van der Waals surface area (Å²) in [6, 6.07) is 7.09. The number of hydrogen-bond acceptors (Lipinski definition) is 2. The van der Waals surface area contributed by atoms with Gasteiger partial charge in [-0.15, -0.1) is 0 Å². The first-order chi connectivity index (χ1) is 8.78. The molecule has 1 aliphatic carbocycles. The molecule has 0 unspecified atom stereocenters. The van der Waals surface area contributed by atoms with Crippen LogP contribution in [0.1, 0.15) is 43.7 Å². The minimum atomic E-state index is -0.174. The van der Waals surface area contributed by atoms with Crippen LogP contribution in [-0.4, -0.2) is 4.98 Å². The number of benzene rings is 1. The third-order valence-corrected chi connectivity index (χ3v) is 2.95. The summed E-state index contributed by atoms with van der Waals surface area (Å²) in [5, 5.41) is 9.63. The average Bonchev–Trinajstić information content (AvgIpc) is 3.24. The van der Waals surface area contributed by atoms with E-state index in [-0.39, 0.29) is 5.82 Å². The second-order valence-corrected chi connectivity index (χ2v) is 4.18. The molecular formula is C15H15FN2. The molecule has 1 heterocycles. The van der Waals surface area contributed by atoms with Crippen LogP contribution >= 0.6 is 0 Å². The van der Waals surface area contributed by atoms with Gasteiger partial charge >= 0.3 is 0 Å². The van der Waals surface area contributed by atoms with Gasteiger partial charge in [0.05, 0.1) is 11.1 Å². The number of fused-ring (bicyclic) bond motifs is 1. The molecule has 3 rings (SSSR count). The van der Waals surface area contributed by atoms with E-state index in [0.29, 0.717) is 17.0 Å². The summed E-state index contributed by atoms with van der Waals surface area (Å²) >= 11 is 0. The summed E-state index contributed by atoms with van der Waals surface area (Å²) in [4.78, 5) is 4.07. The van der Waals surface area contributed by atoms with Crippen LogP contribution in [0.5, 0.6) is 0 Å². The van der Waals surface area contributed by atoms with Crippen molar-refractivity contribution < 1.29 is 4.39 Å². The molecule has 18 heavy (non-hydrogen) atoms. The molecule has 92 valence electrons. The minimum absolute atomic E-state index is 0.174. The summed E-state index contributed by atoms with van der Waals surface area (Å²) in [5.74, 6) is 0.197. The number of rotatable bonds is 1. The molecular weight excluding hydrogens is 227 g/mol. The summed E-state index contributed by atoms with van der Waals surface area (Å²) in [6.45, 7) is 4.00. The highest BCUT2D eigenvalue weighted by Gasteiger charge is 2.26. The van der Waals surface area contributed by atoms with Crippen molar-refractivity contribution in [2.24, 2.45) is 0 Å². The zero-order valence-corrected chi connectivity index (χ0v) is 10.6. The molecule has 1 aromatic heterocycles. The molecule has 0 spiro atoms. The van der Waals surface area contributed by atoms with Gasteiger partial charge in [-0.2, -0.15) is 5.26 Å². The van der Waals surface area contributed by atoms with Crippen molar-refractivity contribution in [2.45, 2.75) is 32.6 Å². The van der Waals surface area contributed by atoms with Crippen molar-refractivity contribution in [3.05, 3.63) is 41.3 Å². The van der Waals surface area contributed by atoms with E-state index in [2.05, 4.69) is 4.98 Å². The predicted octanol–water partition coefficient (Wildman–Crippen LogP) is 4.15. The molecule has 0 aliphatic heterocycles. The van der Waals surface area contributed by atoms with Gasteiger partial charge < -0.3 is 0 Å². The highest BCUT2D eigenvalue weighted by molar-refractivity contribution is 5.80. The molecule has 1 saturated carbocycles. The molecule has 0 bridgehead atoms. The maximum atomic E-state index is 13.7. The molecule has 0 N–H and O–H groups in total. The summed E-state index contributed by atoms with van der Waals surface area (Å²) in [6.07, 6.45) is 3.60. The van der Waals surface area contributed by atoms with Gasteiger partial charge in [-0.1, -0.05) is 13.8 Å². The molecule has 0 radical (unpaired) electrons. The fourth-order valence-electron chi connectivity index (χ4n) is 1.94. The smallest absolute Gasteiger partial charge is 0.128 e. The van der Waals surface area contributed by atoms with Crippen LogP contribution in [0.3, 0.4) is 0 Å². The quantitative estimate of drug-likeness (QED) is 0.753. The van der Waals surface area contributed by atoms with Crippen LogP contribution in [-0.2, 0) is 0 Å². The Balaban J connectivity index is 0.000000574. The van der Waals surface area contributed by atoms with Gasteiger partial charge in [0.1, 0.15) is 11.9 Å². The zero-order valence-electron chi connectivity index (χ0n) is 10.6. The fourth-order valence-corrected chi connectivity index (χ4v) is 1.94. The van der Waals surface area contributed by atoms with Gasteiger partial charge in [0.2, 0.25) is 0 Å². The largest absolute Gasteiger partial charge is 0.255 e. The number of hydrogen-bond donors (Lipinski definition) is 0. The average molecular weight is 242 g/mol. The SMILES string of the molecule is CC.N#Cc1cnc2cc(F)c(C3CC3)cc2c1. The van der Waals surface area contributed by atoms with E-state index >= 15 is 0 Å². The minimum Gasteiger partial charge on any atom is -0.255 e. The number of pyridine rings is 1. The standard InChI is InChI=1S/C13H9FN2.C2H6/c14-12-5-13-10(3-8(6-15)7-16-13)4-11(12)9-1-2-9;1-2/h3-5,7,9H,1-2H2;1-2H3. The van der Waals surface area contributed by atoms with E-state index in [0.717, 1.165) is 23.8 Å². The van der Waals surface area contributed by atoms with Crippen molar-refractivity contribution in [1.29, 1.82) is 5.26 Å². The van der Waals surface area contributed by atoms with Gasteiger partial charge in [0.25, 0.3) is 0 Å². The first kappa shape index (κ1) is 12.5. The highest BCUT2D eigenvalue weighted by Crippen LogP contribution is 2.42. The molecule has 2 aromatic rings. The van der Waals surface area contributed by atoms with E-state index in [9.17, 15) is 4.39 Å². The van der Waals surface area contributed by atoms with Crippen molar-refractivity contribution in [1.82, 2.24) is 4.98 Å². The maximum absolute atomic E-state index is 13.7. The van der Waals surface area contributed by atoms with Crippen molar-refractivity contribution in [2.75, 3.05) is 0 Å². The van der Waals surface area contributed by atoms with Crippen LogP contribution in [0.25, 0.3) is 10.9 Å². The maximum Gasteiger partial charge on any atom is 0.128 e. The molecule has 0 saturated heterocycles. The van der Waals surface area contributed by atoms with Crippen molar-refractivity contribution >= 4 is 10.9 Å². The van der Waals surface area contributed by atoms with Crippen LogP contribution < -0.4 is 0 Å². The second kappa shape index (κ2) is 5.14. The Bertz CT molecular complexity index is 610. The first-order valence-corrected chi connectivity index (χ1v) is 6.27. The normalized spacial score (nSPS) is 13.7. The Hall–Kier alpha value is -1.95. The Morgan fingerprint density at radius 2 is 2.00 bits per heavy atom. The van der Waals surface area contributed by atoms with E-state index in [4.69, 9.17) is 5.26 Å². The molecule has 3 heteroatoms. The number of halogens is 1. The number of nitriles is 1. The van der Waals surface area contributed by atoms with Crippen LogP contribution in [0.15, 0.2) is 24.4 Å². The van der Waals surface area contributed by atoms with Gasteiger partial charge in [-0.05, 0) is 36.5 Å². The number of nitrogens with zero attached hydrogens (tertiary/aromatic N) is 2. The summed E-state index contributed by atoms with van der Waals surface area (Å²) in [7, 11) is 0. The third kappa shape index (κ3) is 2.33. The molecule has 0 amide bonds. The zero-order chi connectivity index (χ0) is 13.1. The van der Waals surface area contributed by atoms with Crippen molar-refractivity contribution in [3.8, 4) is 6.07 Å². The fraction of sp³-hybridized carbons (Fsp3) is 0.333. The Labute approximate surface area is 106 Å². The lowest BCUT2D eigenvalue weighted by molar-refractivity contribution is 0.612. The van der Waals surface area contributed by atoms with Gasteiger partial charge in [-0.3, -0.25) is 4.98 Å². The second-order valence-electron chi connectivity index (χ2n) is 4.18. The first-order valence-electron chi connectivity index (χ1n) is 6.27.